The molecule has 0 aliphatic carbocycles. The molecule has 0 unspecified atom stereocenters. The summed E-state index contributed by atoms with van der Waals surface area (Å²) in [6.45, 7) is 0.378. The lowest BCUT2D eigenvalue weighted by atomic mass is 10.2. The highest BCUT2D eigenvalue weighted by molar-refractivity contribution is 7.90. The van der Waals surface area contributed by atoms with Crippen LogP contribution in [0.25, 0.3) is 0 Å². The van der Waals surface area contributed by atoms with Crippen molar-refractivity contribution in [2.75, 3.05) is 25.3 Å². The number of nitrogens with zero attached hydrogens (tertiary/aromatic N) is 4. The number of hydrogen-bond acceptors (Lipinski definition) is 5. The first-order chi connectivity index (χ1) is 7.80. The molecule has 0 N–H and O–H groups in total. The van der Waals surface area contributed by atoms with E-state index < -0.39 is 9.84 Å². The second-order valence-corrected chi connectivity index (χ2v) is 5.88. The number of carbonyl (C=O) groups excluding carboxylic acids is 1. The smallest absolute Gasteiger partial charge is 0.323 e. The van der Waals surface area contributed by atoms with Gasteiger partial charge in [0.1, 0.15) is 5.82 Å². The van der Waals surface area contributed by atoms with E-state index in [0.717, 1.165) is 11.8 Å². The maximum atomic E-state index is 11.7. The molecule has 92 valence electrons. The number of fused-ring (bicyclic) bond motifs is 1. The van der Waals surface area contributed by atoms with Crippen LogP contribution < -0.4 is 4.90 Å². The van der Waals surface area contributed by atoms with Crippen LogP contribution in [0.2, 0.25) is 0 Å². The Morgan fingerprint density at radius 2 is 2.00 bits per heavy atom. The average Bonchev–Trinajstić information content (AvgIpc) is 2.24. The third-order valence-electron chi connectivity index (χ3n) is 2.49. The standard InChI is InChI=1S/C9H12N4O3S/c1-12-5-6-4-10-8(17(3,15)16)11-7(6)13(2)9(12)14/h4H,5H2,1-3H3. The number of rotatable bonds is 1. The van der Waals surface area contributed by atoms with Crippen molar-refractivity contribution < 1.29 is 13.2 Å². The summed E-state index contributed by atoms with van der Waals surface area (Å²) in [7, 11) is -0.254. The number of aromatic nitrogens is 2. The Bertz CT molecular complexity index is 584. The molecular weight excluding hydrogens is 244 g/mol. The molecule has 1 aliphatic heterocycles. The van der Waals surface area contributed by atoms with Crippen LogP contribution in [0.4, 0.5) is 10.6 Å². The van der Waals surface area contributed by atoms with Crippen LogP contribution >= 0.6 is 0 Å². The fraction of sp³-hybridized carbons (Fsp3) is 0.444. The summed E-state index contributed by atoms with van der Waals surface area (Å²) in [5.74, 6) is 0.350. The molecule has 0 fully saturated rings. The van der Waals surface area contributed by atoms with Crippen LogP contribution in [-0.4, -0.2) is 49.7 Å². The quantitative estimate of drug-likeness (QED) is 0.654. The molecule has 8 heteroatoms. The van der Waals surface area contributed by atoms with Gasteiger partial charge in [0.05, 0.1) is 6.54 Å². The minimum atomic E-state index is -3.46. The summed E-state index contributed by atoms with van der Waals surface area (Å²) in [5.41, 5.74) is 0.724. The lowest BCUT2D eigenvalue weighted by molar-refractivity contribution is 0.211. The first kappa shape index (κ1) is 11.8. The number of hydrogen-bond donors (Lipinski definition) is 0. The number of anilines is 1. The van der Waals surface area contributed by atoms with Crippen molar-refractivity contribution in [1.29, 1.82) is 0 Å². The van der Waals surface area contributed by atoms with E-state index in [2.05, 4.69) is 9.97 Å². The van der Waals surface area contributed by atoms with Crippen molar-refractivity contribution in [3.63, 3.8) is 0 Å². The van der Waals surface area contributed by atoms with Gasteiger partial charge in [-0.1, -0.05) is 0 Å². The Morgan fingerprint density at radius 3 is 2.59 bits per heavy atom. The van der Waals surface area contributed by atoms with Gasteiger partial charge in [-0.05, 0) is 0 Å². The highest BCUT2D eigenvalue weighted by atomic mass is 32.2. The molecule has 0 atom stereocenters. The molecule has 2 heterocycles. The molecule has 0 saturated heterocycles. The average molecular weight is 256 g/mol. The maximum Gasteiger partial charge on any atom is 0.325 e. The normalized spacial score (nSPS) is 16.1. The van der Waals surface area contributed by atoms with Gasteiger partial charge < -0.3 is 4.90 Å². The van der Waals surface area contributed by atoms with E-state index in [-0.39, 0.29) is 11.2 Å². The lowest BCUT2D eigenvalue weighted by Gasteiger charge is -2.31. The molecule has 7 nitrogen and oxygen atoms in total. The Balaban J connectivity index is 2.57. The first-order valence-electron chi connectivity index (χ1n) is 4.85. The predicted molar refractivity (Wildman–Crippen MR) is 60.4 cm³/mol. The van der Waals surface area contributed by atoms with Gasteiger partial charge in [-0.3, -0.25) is 4.90 Å². The molecule has 0 aromatic carbocycles. The molecule has 2 amide bonds. The Hall–Kier alpha value is -1.70. The van der Waals surface area contributed by atoms with E-state index in [1.807, 2.05) is 0 Å². The van der Waals surface area contributed by atoms with E-state index in [1.54, 1.807) is 14.1 Å². The van der Waals surface area contributed by atoms with Crippen LogP contribution in [0.5, 0.6) is 0 Å². The van der Waals surface area contributed by atoms with Gasteiger partial charge in [0.15, 0.2) is 0 Å². The number of urea groups is 1. The summed E-state index contributed by atoms with van der Waals surface area (Å²) >= 11 is 0. The van der Waals surface area contributed by atoms with Crippen LogP contribution in [0.1, 0.15) is 5.56 Å². The zero-order chi connectivity index (χ0) is 12.8. The third kappa shape index (κ3) is 1.95. The van der Waals surface area contributed by atoms with E-state index in [4.69, 9.17) is 0 Å². The highest BCUT2D eigenvalue weighted by Crippen LogP contribution is 2.24. The molecule has 0 radical (unpaired) electrons. The lowest BCUT2D eigenvalue weighted by Crippen LogP contribution is -2.43. The van der Waals surface area contributed by atoms with Gasteiger partial charge in [0, 0.05) is 32.1 Å². The van der Waals surface area contributed by atoms with Crippen LogP contribution in [0.15, 0.2) is 11.4 Å². The number of sulfone groups is 1. The van der Waals surface area contributed by atoms with Gasteiger partial charge in [0.2, 0.25) is 15.0 Å². The van der Waals surface area contributed by atoms with Crippen LogP contribution in [0, 0.1) is 0 Å². The minimum Gasteiger partial charge on any atom is -0.323 e. The largest absolute Gasteiger partial charge is 0.325 e. The fourth-order valence-corrected chi connectivity index (χ4v) is 2.13. The maximum absolute atomic E-state index is 11.7. The zero-order valence-electron chi connectivity index (χ0n) is 9.71. The molecule has 0 bridgehead atoms. The first-order valence-corrected chi connectivity index (χ1v) is 6.74. The molecule has 2 rings (SSSR count). The summed E-state index contributed by atoms with van der Waals surface area (Å²) in [6.07, 6.45) is 2.48. The molecule has 17 heavy (non-hydrogen) atoms. The SMILES string of the molecule is CN1Cc2cnc(S(C)(=O)=O)nc2N(C)C1=O. The molecule has 0 saturated carbocycles. The predicted octanol–water partition coefficient (Wildman–Crippen LogP) is -0.118. The topological polar surface area (TPSA) is 83.5 Å². The van der Waals surface area contributed by atoms with Gasteiger partial charge in [-0.2, -0.15) is 0 Å². The molecule has 1 aromatic heterocycles. The number of carbonyl (C=O) groups is 1. The third-order valence-corrected chi connectivity index (χ3v) is 3.35. The van der Waals surface area contributed by atoms with E-state index in [1.165, 1.54) is 16.0 Å². The molecular formula is C9H12N4O3S. The Kier molecular flexibility index (Phi) is 2.53. The summed E-state index contributed by atoms with van der Waals surface area (Å²) in [6, 6.07) is -0.226. The second kappa shape index (κ2) is 3.66. The van der Waals surface area contributed by atoms with E-state index in [0.29, 0.717) is 12.4 Å². The molecule has 1 aliphatic rings. The van der Waals surface area contributed by atoms with Crippen molar-refractivity contribution >= 4 is 21.7 Å². The second-order valence-electron chi connectivity index (χ2n) is 3.97. The summed E-state index contributed by atoms with van der Waals surface area (Å²) < 4.78 is 22.7. The summed E-state index contributed by atoms with van der Waals surface area (Å²) in [4.78, 5) is 22.2. The van der Waals surface area contributed by atoms with Crippen molar-refractivity contribution in [2.24, 2.45) is 0 Å². The highest BCUT2D eigenvalue weighted by Gasteiger charge is 2.28. The number of amides is 2. The minimum absolute atomic E-state index is 0.226. The molecule has 1 aromatic rings. The van der Waals surface area contributed by atoms with Crippen LogP contribution in [-0.2, 0) is 16.4 Å². The van der Waals surface area contributed by atoms with Crippen molar-refractivity contribution in [1.82, 2.24) is 14.9 Å². The summed E-state index contributed by atoms with van der Waals surface area (Å²) in [5, 5.41) is -0.263. The fourth-order valence-electron chi connectivity index (χ4n) is 1.63. The van der Waals surface area contributed by atoms with E-state index >= 15 is 0 Å². The molecule has 0 spiro atoms. The van der Waals surface area contributed by atoms with Crippen molar-refractivity contribution in [3.8, 4) is 0 Å². The van der Waals surface area contributed by atoms with Gasteiger partial charge in [-0.15, -0.1) is 0 Å². The monoisotopic (exact) mass is 256 g/mol. The van der Waals surface area contributed by atoms with Gasteiger partial charge >= 0.3 is 6.03 Å². The van der Waals surface area contributed by atoms with Gasteiger partial charge in [0.25, 0.3) is 0 Å². The van der Waals surface area contributed by atoms with Crippen molar-refractivity contribution in [2.45, 2.75) is 11.7 Å². The Labute approximate surface area is 99.0 Å². The zero-order valence-corrected chi connectivity index (χ0v) is 10.5. The van der Waals surface area contributed by atoms with Gasteiger partial charge in [-0.25, -0.2) is 23.2 Å². The van der Waals surface area contributed by atoms with Crippen molar-refractivity contribution in [3.05, 3.63) is 11.8 Å². The van der Waals surface area contributed by atoms with Crippen LogP contribution in [0.3, 0.4) is 0 Å². The van der Waals surface area contributed by atoms with E-state index in [9.17, 15) is 13.2 Å². The Morgan fingerprint density at radius 1 is 1.35 bits per heavy atom.